The molecule has 0 unspecified atom stereocenters. The van der Waals surface area contributed by atoms with Gasteiger partial charge in [-0.1, -0.05) is 18.2 Å². The minimum absolute atomic E-state index is 0.0859. The van der Waals surface area contributed by atoms with E-state index in [0.29, 0.717) is 5.71 Å². The first kappa shape index (κ1) is 16.9. The highest BCUT2D eigenvalue weighted by Gasteiger charge is 2.32. The first-order valence-corrected chi connectivity index (χ1v) is 9.48. The Morgan fingerprint density at radius 1 is 1.04 bits per heavy atom. The Labute approximate surface area is 163 Å². The van der Waals surface area contributed by atoms with Crippen molar-refractivity contribution in [3.63, 3.8) is 0 Å². The van der Waals surface area contributed by atoms with Gasteiger partial charge in [0, 0.05) is 23.2 Å². The lowest BCUT2D eigenvalue weighted by atomic mass is 9.56. The van der Waals surface area contributed by atoms with Crippen molar-refractivity contribution >= 4 is 35.7 Å². The van der Waals surface area contributed by atoms with E-state index in [2.05, 4.69) is 88.7 Å². The molecule has 0 N–H and O–H groups in total. The molecule has 0 fully saturated rings. The summed E-state index contributed by atoms with van der Waals surface area (Å²) in [5.74, 6) is 3.37. The number of benzene rings is 1. The summed E-state index contributed by atoms with van der Waals surface area (Å²) in [7, 11) is 4.23. The summed E-state index contributed by atoms with van der Waals surface area (Å²) in [5.41, 5.74) is 4.92. The maximum Gasteiger partial charge on any atom is 0.371 e. The van der Waals surface area contributed by atoms with Gasteiger partial charge in [0.1, 0.15) is 22.9 Å². The topological polar surface area (TPSA) is 38.1 Å². The van der Waals surface area contributed by atoms with Crippen LogP contribution in [-0.2, 0) is 7.05 Å². The second-order valence-corrected chi connectivity index (χ2v) is 7.46. The summed E-state index contributed by atoms with van der Waals surface area (Å²) in [6, 6.07) is 14.5. The zero-order valence-corrected chi connectivity index (χ0v) is 16.5. The molecule has 138 valence electrons. The van der Waals surface area contributed by atoms with Gasteiger partial charge in [-0.3, -0.25) is 0 Å². The minimum Gasteiger partial charge on any atom is -0.439 e. The van der Waals surface area contributed by atoms with Gasteiger partial charge in [-0.25, -0.2) is 14.1 Å². The molecule has 0 saturated carbocycles. The first-order chi connectivity index (χ1) is 13.5. The summed E-state index contributed by atoms with van der Waals surface area (Å²) >= 11 is 0. The zero-order chi connectivity index (χ0) is 19.4. The fourth-order valence-corrected chi connectivity index (χ4v) is 3.99. The second-order valence-electron chi connectivity index (χ2n) is 7.46. The predicted octanol–water partition coefficient (Wildman–Crippen LogP) is 0.962. The number of imidazole rings is 1. The molecule has 0 atom stereocenters. The van der Waals surface area contributed by atoms with Gasteiger partial charge >= 0.3 is 6.85 Å². The summed E-state index contributed by atoms with van der Waals surface area (Å²) in [4.78, 5) is 6.78. The molecule has 0 amide bonds. The highest BCUT2D eigenvalue weighted by Crippen LogP contribution is 2.10. The minimum atomic E-state index is 0.0859. The Morgan fingerprint density at radius 2 is 1.82 bits per heavy atom. The molecule has 4 heterocycles. The van der Waals surface area contributed by atoms with Crippen molar-refractivity contribution in [2.75, 3.05) is 7.05 Å². The van der Waals surface area contributed by atoms with Gasteiger partial charge in [-0.15, -0.1) is 0 Å². The summed E-state index contributed by atoms with van der Waals surface area (Å²) in [6.07, 6.45) is 4.38. The quantitative estimate of drug-likeness (QED) is 0.390. The van der Waals surface area contributed by atoms with Crippen molar-refractivity contribution in [2.24, 2.45) is 7.05 Å². The fourth-order valence-electron chi connectivity index (χ4n) is 3.99. The van der Waals surface area contributed by atoms with E-state index in [1.165, 1.54) is 11.4 Å². The van der Waals surface area contributed by atoms with Crippen LogP contribution in [0.1, 0.15) is 11.5 Å². The second kappa shape index (κ2) is 6.13. The number of hydrogen-bond donors (Lipinski definition) is 0. The van der Waals surface area contributed by atoms with E-state index in [4.69, 9.17) is 4.42 Å². The van der Waals surface area contributed by atoms with Crippen molar-refractivity contribution in [2.45, 2.75) is 13.8 Å². The number of hydrogen-bond acceptors (Lipinski definition) is 3. The van der Waals surface area contributed by atoms with Crippen molar-refractivity contribution in [3.05, 3.63) is 70.8 Å². The number of furan rings is 1. The number of aromatic nitrogens is 3. The van der Waals surface area contributed by atoms with Crippen LogP contribution in [-0.4, -0.2) is 28.3 Å². The Kier molecular flexibility index (Phi) is 3.69. The van der Waals surface area contributed by atoms with Crippen molar-refractivity contribution in [3.8, 4) is 5.69 Å². The molecule has 0 aliphatic carbocycles. The zero-order valence-electron chi connectivity index (χ0n) is 16.5. The van der Waals surface area contributed by atoms with Crippen LogP contribution in [0.4, 0.5) is 0 Å². The number of aryl methyl sites for hydroxylation is 1. The van der Waals surface area contributed by atoms with Crippen LogP contribution >= 0.6 is 0 Å². The third kappa shape index (κ3) is 2.48. The maximum absolute atomic E-state index is 6.09. The molecule has 0 bridgehead atoms. The molecule has 1 aliphatic heterocycles. The number of rotatable bonds is 2. The monoisotopic (exact) mass is 369 g/mol. The summed E-state index contributed by atoms with van der Waals surface area (Å²) < 4.78 is 10.6. The van der Waals surface area contributed by atoms with Crippen molar-refractivity contribution in [1.82, 2.24) is 14.4 Å². The van der Waals surface area contributed by atoms with E-state index in [-0.39, 0.29) is 6.85 Å². The Hall–Kier alpha value is -3.28. The van der Waals surface area contributed by atoms with Crippen LogP contribution in [0, 0.1) is 13.8 Å². The highest BCUT2D eigenvalue weighted by atomic mass is 16.3. The largest absolute Gasteiger partial charge is 0.439 e. The van der Waals surface area contributed by atoms with E-state index < -0.39 is 0 Å². The van der Waals surface area contributed by atoms with E-state index in [1.54, 1.807) is 0 Å². The van der Waals surface area contributed by atoms with E-state index in [1.807, 2.05) is 19.1 Å². The molecule has 5 rings (SSSR count). The Bertz CT molecular complexity index is 1320. The molecule has 3 aromatic heterocycles. The van der Waals surface area contributed by atoms with Gasteiger partial charge in [0.2, 0.25) is 5.71 Å². The molecule has 4 aromatic rings. The van der Waals surface area contributed by atoms with Crippen LogP contribution < -0.4 is 20.8 Å². The highest BCUT2D eigenvalue weighted by molar-refractivity contribution is 6.83. The molecule has 28 heavy (non-hydrogen) atoms. The average molecular weight is 369 g/mol. The summed E-state index contributed by atoms with van der Waals surface area (Å²) in [6.45, 7) is 4.21. The fraction of sp³-hybridized carbons (Fsp3) is 0.182. The van der Waals surface area contributed by atoms with Crippen LogP contribution in [0.3, 0.4) is 0 Å². The lowest BCUT2D eigenvalue weighted by molar-refractivity contribution is -0.601. The molecule has 0 saturated heterocycles. The summed E-state index contributed by atoms with van der Waals surface area (Å²) in [5, 5.41) is 2.16. The van der Waals surface area contributed by atoms with Gasteiger partial charge < -0.3 is 9.23 Å². The van der Waals surface area contributed by atoms with Gasteiger partial charge in [-0.2, -0.15) is 0 Å². The van der Waals surface area contributed by atoms with Gasteiger partial charge in [-0.05, 0) is 50.4 Å². The molecule has 1 aromatic carbocycles. The normalized spacial score (nSPS) is 13.4. The molecule has 5 nitrogen and oxygen atoms in total. The molecule has 1 aliphatic rings. The standard InChI is InChI=1S/C22H22BN4O/c1-15-10-11-18-19-13-25(3)23(12-20(19)28-22(18)24-15)21-14-27(16(2)26(21)4)17-8-6-5-7-9-17/h5-14H,1-4H3/q+1. The van der Waals surface area contributed by atoms with E-state index in [0.717, 1.165) is 27.4 Å². The van der Waals surface area contributed by atoms with E-state index in [9.17, 15) is 0 Å². The number of para-hydroxylation sites is 1. The number of pyridine rings is 1. The van der Waals surface area contributed by atoms with E-state index >= 15 is 0 Å². The lowest BCUT2D eigenvalue weighted by Crippen LogP contribution is -2.50. The van der Waals surface area contributed by atoms with Crippen LogP contribution in [0.15, 0.2) is 53.1 Å². The SMILES string of the molecule is Cc1ccc2c3c(oc2n1)=CB(c1c[n+](-c2ccccc2)c(C)n1C)N(C)C=3. The van der Waals surface area contributed by atoms with Gasteiger partial charge in [0.05, 0.1) is 7.05 Å². The smallest absolute Gasteiger partial charge is 0.371 e. The third-order valence-electron chi connectivity index (χ3n) is 5.66. The maximum atomic E-state index is 6.09. The predicted molar refractivity (Wildman–Crippen MR) is 112 cm³/mol. The number of nitrogens with zero attached hydrogens (tertiary/aromatic N) is 4. The molecule has 6 heteroatoms. The Balaban J connectivity index is 1.67. The van der Waals surface area contributed by atoms with Crippen molar-refractivity contribution in [1.29, 1.82) is 0 Å². The van der Waals surface area contributed by atoms with Crippen LogP contribution in [0.25, 0.3) is 29.0 Å². The molecule has 0 radical (unpaired) electrons. The number of fused-ring (bicyclic) bond motifs is 3. The van der Waals surface area contributed by atoms with Gasteiger partial charge in [0.25, 0.3) is 5.82 Å². The Morgan fingerprint density at radius 3 is 2.61 bits per heavy atom. The van der Waals surface area contributed by atoms with Crippen LogP contribution in [0.5, 0.6) is 0 Å². The van der Waals surface area contributed by atoms with Crippen LogP contribution in [0.2, 0.25) is 0 Å². The van der Waals surface area contributed by atoms with Crippen molar-refractivity contribution < 1.29 is 8.98 Å². The lowest BCUT2D eigenvalue weighted by Gasteiger charge is -2.20. The molecule has 0 spiro atoms. The molecular weight excluding hydrogens is 347 g/mol. The third-order valence-corrected chi connectivity index (χ3v) is 5.66. The molecular formula is C22H22BN4O+. The average Bonchev–Trinajstić information content (AvgIpc) is 3.18. The van der Waals surface area contributed by atoms with Gasteiger partial charge in [0.15, 0.2) is 0 Å². The first-order valence-electron chi connectivity index (χ1n) is 9.48.